The van der Waals surface area contributed by atoms with E-state index in [1.165, 1.54) is 0 Å². The maximum absolute atomic E-state index is 11.2. The minimum atomic E-state index is -1.48. The maximum atomic E-state index is 11.2. The quantitative estimate of drug-likeness (QED) is 0.632. The molecular formula is C10H12N2O8. The van der Waals surface area contributed by atoms with Crippen molar-refractivity contribution in [3.05, 3.63) is 0 Å². The highest BCUT2D eigenvalue weighted by molar-refractivity contribution is 6.02. The van der Waals surface area contributed by atoms with Crippen LogP contribution in [-0.2, 0) is 28.9 Å². The Hall–Kier alpha value is -2.49. The van der Waals surface area contributed by atoms with Gasteiger partial charge in [0.15, 0.2) is 0 Å². The lowest BCUT2D eigenvalue weighted by Gasteiger charge is -2.15. The van der Waals surface area contributed by atoms with Crippen molar-refractivity contribution in [3.63, 3.8) is 0 Å². The molecule has 10 heteroatoms. The van der Waals surface area contributed by atoms with Gasteiger partial charge in [-0.05, 0) is 0 Å². The molecule has 0 saturated carbocycles. The first kappa shape index (κ1) is 15.6. The van der Waals surface area contributed by atoms with Gasteiger partial charge >= 0.3 is 6.16 Å². The number of carbonyl (C=O) groups excluding carboxylic acids is 5. The Labute approximate surface area is 112 Å². The van der Waals surface area contributed by atoms with E-state index in [9.17, 15) is 24.0 Å². The number of hydroxylamine groups is 4. The lowest BCUT2D eigenvalue weighted by atomic mass is 10.4. The van der Waals surface area contributed by atoms with Gasteiger partial charge in [0.05, 0.1) is 0 Å². The molecule has 20 heavy (non-hydrogen) atoms. The number of carbonyl (C=O) groups is 5. The van der Waals surface area contributed by atoms with Crippen LogP contribution in [-0.4, -0.2) is 52.1 Å². The summed E-state index contributed by atoms with van der Waals surface area (Å²) in [7, 11) is 1.00. The summed E-state index contributed by atoms with van der Waals surface area (Å²) in [6.07, 6.45) is -1.73. The number of amides is 4. The van der Waals surface area contributed by atoms with E-state index in [1.54, 1.807) is 0 Å². The lowest BCUT2D eigenvalue weighted by Crippen LogP contribution is -2.37. The number of rotatable bonds is 2. The normalized spacial score (nSPS) is 18.1. The van der Waals surface area contributed by atoms with E-state index in [-0.39, 0.29) is 35.8 Å². The highest BCUT2D eigenvalue weighted by atomic mass is 16.9. The third kappa shape index (κ3) is 3.29. The Bertz CT molecular complexity index is 388. The Balaban J connectivity index is 0.000000956. The molecule has 0 bridgehead atoms. The van der Waals surface area contributed by atoms with Crippen LogP contribution in [0, 0.1) is 0 Å². The van der Waals surface area contributed by atoms with E-state index in [1.807, 2.05) is 0 Å². The van der Waals surface area contributed by atoms with Crippen molar-refractivity contribution in [3.8, 4) is 0 Å². The lowest BCUT2D eigenvalue weighted by molar-refractivity contribution is -0.198. The second-order valence-electron chi connectivity index (χ2n) is 3.60. The second kappa shape index (κ2) is 6.61. The van der Waals surface area contributed by atoms with Crippen molar-refractivity contribution in [2.45, 2.75) is 25.7 Å². The first-order valence-corrected chi connectivity index (χ1v) is 5.55. The van der Waals surface area contributed by atoms with Crippen molar-refractivity contribution >= 4 is 29.8 Å². The molecule has 0 atom stereocenters. The number of hydrogen-bond acceptors (Lipinski definition) is 8. The summed E-state index contributed by atoms with van der Waals surface area (Å²) in [6.45, 7) is 0. The fourth-order valence-electron chi connectivity index (χ4n) is 1.48. The van der Waals surface area contributed by atoms with Crippen molar-refractivity contribution < 1.29 is 38.8 Å². The van der Waals surface area contributed by atoms with Gasteiger partial charge in [0, 0.05) is 32.8 Å². The number of hydrogen-bond donors (Lipinski definition) is 1. The van der Waals surface area contributed by atoms with Crippen LogP contribution in [0.25, 0.3) is 0 Å². The van der Waals surface area contributed by atoms with Gasteiger partial charge in [-0.15, -0.1) is 0 Å². The van der Waals surface area contributed by atoms with Crippen molar-refractivity contribution in [2.24, 2.45) is 0 Å². The molecule has 10 nitrogen and oxygen atoms in total. The third-order valence-electron chi connectivity index (χ3n) is 2.34. The monoisotopic (exact) mass is 288 g/mol. The molecule has 0 aromatic carbocycles. The molecule has 2 aliphatic heterocycles. The Morgan fingerprint density at radius 3 is 1.30 bits per heavy atom. The molecule has 0 unspecified atom stereocenters. The fraction of sp³-hybridized carbons (Fsp3) is 0.500. The average Bonchev–Trinajstić information content (AvgIpc) is 2.91. The second-order valence-corrected chi connectivity index (χ2v) is 3.60. The summed E-state index contributed by atoms with van der Waals surface area (Å²) in [4.78, 5) is 64.3. The predicted molar refractivity (Wildman–Crippen MR) is 57.9 cm³/mol. The highest BCUT2D eigenvalue weighted by Gasteiger charge is 2.37. The maximum Gasteiger partial charge on any atom is 0.560 e. The highest BCUT2D eigenvalue weighted by Crippen LogP contribution is 2.15. The minimum Gasteiger partial charge on any atom is -0.400 e. The molecule has 2 rings (SSSR count). The first-order valence-electron chi connectivity index (χ1n) is 5.55. The SMILES string of the molecule is CO.O=C(ON1C(=O)CCC1=O)ON1C(=O)CCC1=O. The number of imide groups is 2. The zero-order valence-corrected chi connectivity index (χ0v) is 10.5. The van der Waals surface area contributed by atoms with Gasteiger partial charge in [-0.25, -0.2) is 0 Å². The smallest absolute Gasteiger partial charge is 0.400 e. The molecular weight excluding hydrogens is 276 g/mol. The summed E-state index contributed by atoms with van der Waals surface area (Å²) < 4.78 is 0. The fourth-order valence-corrected chi connectivity index (χ4v) is 1.48. The van der Waals surface area contributed by atoms with Crippen LogP contribution in [0.15, 0.2) is 0 Å². The van der Waals surface area contributed by atoms with Gasteiger partial charge in [-0.3, -0.25) is 28.9 Å². The largest absolute Gasteiger partial charge is 0.560 e. The molecule has 0 spiro atoms. The van der Waals surface area contributed by atoms with E-state index in [0.717, 1.165) is 7.11 Å². The Kier molecular flexibility index (Phi) is 5.15. The molecule has 2 saturated heterocycles. The molecule has 4 amide bonds. The third-order valence-corrected chi connectivity index (χ3v) is 2.34. The Morgan fingerprint density at radius 2 is 1.05 bits per heavy atom. The molecule has 0 radical (unpaired) electrons. The van der Waals surface area contributed by atoms with Crippen LogP contribution in [0.3, 0.4) is 0 Å². The van der Waals surface area contributed by atoms with Gasteiger partial charge in [0.2, 0.25) is 0 Å². The average molecular weight is 288 g/mol. The van der Waals surface area contributed by atoms with Gasteiger partial charge in [0.1, 0.15) is 0 Å². The van der Waals surface area contributed by atoms with Gasteiger partial charge in [-0.2, -0.15) is 4.79 Å². The van der Waals surface area contributed by atoms with Gasteiger partial charge in [-0.1, -0.05) is 10.1 Å². The summed E-state index contributed by atoms with van der Waals surface area (Å²) in [5, 5.41) is 7.51. The van der Waals surface area contributed by atoms with Crippen molar-refractivity contribution in [1.29, 1.82) is 0 Å². The van der Waals surface area contributed by atoms with Crippen LogP contribution in [0.4, 0.5) is 4.79 Å². The minimum absolute atomic E-state index is 0.0618. The molecule has 110 valence electrons. The first-order chi connectivity index (χ1) is 9.49. The van der Waals surface area contributed by atoms with Crippen LogP contribution in [0.1, 0.15) is 25.7 Å². The van der Waals surface area contributed by atoms with E-state index in [2.05, 4.69) is 9.68 Å². The van der Waals surface area contributed by atoms with Gasteiger partial charge < -0.3 is 5.11 Å². The zero-order chi connectivity index (χ0) is 15.3. The standard InChI is InChI=1S/C9H8N2O7.CH4O/c12-5-1-2-6(13)10(5)17-9(16)18-11-7(14)3-4-8(11)15;1-2/h1-4H2;2H,1H3. The van der Waals surface area contributed by atoms with Gasteiger partial charge in [0.25, 0.3) is 23.6 Å². The van der Waals surface area contributed by atoms with E-state index < -0.39 is 29.8 Å². The molecule has 2 heterocycles. The topological polar surface area (TPSA) is 131 Å². The van der Waals surface area contributed by atoms with E-state index in [0.29, 0.717) is 0 Å². The summed E-state index contributed by atoms with van der Waals surface area (Å²) >= 11 is 0. The molecule has 0 aromatic rings. The molecule has 2 fully saturated rings. The van der Waals surface area contributed by atoms with Crippen LogP contribution < -0.4 is 0 Å². The van der Waals surface area contributed by atoms with Crippen LogP contribution in [0.2, 0.25) is 0 Å². The van der Waals surface area contributed by atoms with Crippen molar-refractivity contribution in [2.75, 3.05) is 7.11 Å². The molecule has 0 aliphatic carbocycles. The predicted octanol–water partition coefficient (Wildman–Crippen LogP) is -1.12. The van der Waals surface area contributed by atoms with E-state index >= 15 is 0 Å². The number of nitrogens with zero attached hydrogens (tertiary/aromatic N) is 2. The summed E-state index contributed by atoms with van der Waals surface area (Å²) in [5.41, 5.74) is 0. The summed E-state index contributed by atoms with van der Waals surface area (Å²) in [5.74, 6) is -2.74. The number of aliphatic hydroxyl groups is 1. The zero-order valence-electron chi connectivity index (χ0n) is 10.5. The Morgan fingerprint density at radius 1 is 0.800 bits per heavy atom. The number of aliphatic hydroxyl groups excluding tert-OH is 1. The summed E-state index contributed by atoms with van der Waals surface area (Å²) in [6, 6.07) is 0. The molecule has 2 aliphatic rings. The van der Waals surface area contributed by atoms with E-state index in [4.69, 9.17) is 5.11 Å². The molecule has 0 aromatic heterocycles. The van der Waals surface area contributed by atoms with Crippen LogP contribution in [0.5, 0.6) is 0 Å². The molecule has 1 N–H and O–H groups in total. The van der Waals surface area contributed by atoms with Crippen molar-refractivity contribution in [1.82, 2.24) is 10.1 Å². The van der Waals surface area contributed by atoms with Crippen LogP contribution >= 0.6 is 0 Å².